The standard InChI is InChI=1S/C17H28F3N3O6Si/c1-11(8-29-9-13(24)16(26)27)22-12-7-21-23(10-28-5-6-30(2,3)4)15(25)14(12)17(18,19)20/h7,11,13,22,24H,5-6,8-10H2,1-4H3,(H,26,27)/t11-,13?/m0/s1. The van der Waals surface area contributed by atoms with Gasteiger partial charge in [0, 0.05) is 20.7 Å². The molecule has 1 rings (SSSR count). The van der Waals surface area contributed by atoms with Gasteiger partial charge in [-0.1, -0.05) is 19.6 Å². The zero-order valence-electron chi connectivity index (χ0n) is 17.3. The van der Waals surface area contributed by atoms with Crippen LogP contribution in [0.2, 0.25) is 25.7 Å². The maximum atomic E-state index is 13.5. The molecule has 1 heterocycles. The summed E-state index contributed by atoms with van der Waals surface area (Å²) >= 11 is 0. The Hall–Kier alpha value is -1.96. The highest BCUT2D eigenvalue weighted by Crippen LogP contribution is 2.32. The van der Waals surface area contributed by atoms with E-state index in [9.17, 15) is 22.8 Å². The molecule has 13 heteroatoms. The monoisotopic (exact) mass is 455 g/mol. The SMILES string of the molecule is C[C@@H](COCC(O)C(=O)O)Nc1cnn(COCC[Si](C)(C)C)c(=O)c1C(F)(F)F. The van der Waals surface area contributed by atoms with Crippen molar-refractivity contribution < 1.29 is 37.7 Å². The van der Waals surface area contributed by atoms with Gasteiger partial charge in [-0.25, -0.2) is 9.48 Å². The molecule has 30 heavy (non-hydrogen) atoms. The van der Waals surface area contributed by atoms with E-state index in [1.165, 1.54) is 6.92 Å². The number of alkyl halides is 3. The number of aromatic nitrogens is 2. The summed E-state index contributed by atoms with van der Waals surface area (Å²) in [6.07, 6.45) is -5.79. The van der Waals surface area contributed by atoms with Gasteiger partial charge in [-0.3, -0.25) is 4.79 Å². The topological polar surface area (TPSA) is 123 Å². The Morgan fingerprint density at radius 3 is 2.47 bits per heavy atom. The van der Waals surface area contributed by atoms with Gasteiger partial charge in [0.2, 0.25) is 0 Å². The fourth-order valence-corrected chi connectivity index (χ4v) is 2.98. The predicted molar refractivity (Wildman–Crippen MR) is 105 cm³/mol. The molecular formula is C17H28F3N3O6Si. The first kappa shape index (κ1) is 26.1. The van der Waals surface area contributed by atoms with Crippen LogP contribution in [0.3, 0.4) is 0 Å². The first-order valence-corrected chi connectivity index (χ1v) is 12.9. The lowest BCUT2D eigenvalue weighted by molar-refractivity contribution is -0.150. The lowest BCUT2D eigenvalue weighted by Gasteiger charge is -2.20. The summed E-state index contributed by atoms with van der Waals surface area (Å²) < 4.78 is 51.4. The highest BCUT2D eigenvalue weighted by Gasteiger charge is 2.38. The molecule has 0 saturated heterocycles. The number of nitrogens with one attached hydrogen (secondary N) is 1. The molecule has 3 N–H and O–H groups in total. The number of anilines is 1. The second-order valence-electron chi connectivity index (χ2n) is 8.02. The Kier molecular flexibility index (Phi) is 9.46. The van der Waals surface area contributed by atoms with Crippen molar-refractivity contribution in [2.24, 2.45) is 0 Å². The van der Waals surface area contributed by atoms with E-state index in [2.05, 4.69) is 30.1 Å². The molecule has 1 aromatic rings. The van der Waals surface area contributed by atoms with E-state index < -0.39 is 62.5 Å². The Labute approximate surface area is 172 Å². The Morgan fingerprint density at radius 1 is 1.30 bits per heavy atom. The van der Waals surface area contributed by atoms with Gasteiger partial charge in [0.1, 0.15) is 12.3 Å². The van der Waals surface area contributed by atoms with Gasteiger partial charge >= 0.3 is 12.1 Å². The van der Waals surface area contributed by atoms with Crippen LogP contribution >= 0.6 is 0 Å². The zero-order valence-corrected chi connectivity index (χ0v) is 18.3. The summed E-state index contributed by atoms with van der Waals surface area (Å²) in [5.41, 5.74) is -3.28. The molecule has 1 aromatic heterocycles. The smallest absolute Gasteiger partial charge is 0.423 e. The van der Waals surface area contributed by atoms with E-state index in [1.54, 1.807) is 0 Å². The molecular weight excluding hydrogens is 427 g/mol. The van der Waals surface area contributed by atoms with Crippen molar-refractivity contribution in [2.45, 2.75) is 57.7 Å². The number of halogens is 3. The van der Waals surface area contributed by atoms with Crippen LogP contribution in [0.5, 0.6) is 0 Å². The van der Waals surface area contributed by atoms with Gasteiger partial charge in [0.25, 0.3) is 5.56 Å². The quantitative estimate of drug-likeness (QED) is 0.322. The van der Waals surface area contributed by atoms with E-state index in [-0.39, 0.29) is 6.61 Å². The molecule has 0 amide bonds. The number of carbonyl (C=O) groups is 1. The third-order valence-corrected chi connectivity index (χ3v) is 5.57. The van der Waals surface area contributed by atoms with Crippen molar-refractivity contribution in [3.05, 3.63) is 22.1 Å². The van der Waals surface area contributed by atoms with E-state index >= 15 is 0 Å². The zero-order chi connectivity index (χ0) is 23.1. The van der Waals surface area contributed by atoms with Crippen molar-refractivity contribution in [3.63, 3.8) is 0 Å². The predicted octanol–water partition coefficient (Wildman–Crippen LogP) is 1.84. The number of hydrogen-bond acceptors (Lipinski definition) is 7. The number of nitrogens with zero attached hydrogens (tertiary/aromatic N) is 2. The van der Waals surface area contributed by atoms with E-state index in [1.807, 2.05) is 0 Å². The summed E-state index contributed by atoms with van der Waals surface area (Å²) in [6, 6.07) is 0.0684. The van der Waals surface area contributed by atoms with Crippen LogP contribution in [0.25, 0.3) is 0 Å². The molecule has 0 radical (unpaired) electrons. The van der Waals surface area contributed by atoms with Crippen LogP contribution in [0.15, 0.2) is 11.0 Å². The normalized spacial score (nSPS) is 14.4. The molecule has 0 aliphatic rings. The number of rotatable bonds is 12. The number of aliphatic carboxylic acids is 1. The molecule has 0 fully saturated rings. The van der Waals surface area contributed by atoms with Crippen molar-refractivity contribution in [3.8, 4) is 0 Å². The minimum absolute atomic E-state index is 0.204. The number of carboxylic acids is 1. The second kappa shape index (κ2) is 10.9. The van der Waals surface area contributed by atoms with Gasteiger partial charge in [-0.15, -0.1) is 0 Å². The number of aliphatic hydroxyl groups is 1. The van der Waals surface area contributed by atoms with E-state index in [0.29, 0.717) is 11.3 Å². The highest BCUT2D eigenvalue weighted by atomic mass is 28.3. The Morgan fingerprint density at radius 2 is 1.93 bits per heavy atom. The van der Waals surface area contributed by atoms with Gasteiger partial charge in [0.15, 0.2) is 6.10 Å². The van der Waals surface area contributed by atoms with Crippen LogP contribution < -0.4 is 10.9 Å². The van der Waals surface area contributed by atoms with E-state index in [0.717, 1.165) is 12.2 Å². The van der Waals surface area contributed by atoms with Crippen molar-refractivity contribution in [2.75, 3.05) is 25.1 Å². The highest BCUT2D eigenvalue weighted by molar-refractivity contribution is 6.76. The molecule has 172 valence electrons. The van der Waals surface area contributed by atoms with Crippen LogP contribution in [0.4, 0.5) is 18.9 Å². The first-order chi connectivity index (χ1) is 13.7. The number of hydrogen-bond donors (Lipinski definition) is 3. The minimum atomic E-state index is -4.93. The van der Waals surface area contributed by atoms with Crippen LogP contribution in [-0.4, -0.2) is 66.0 Å². The maximum Gasteiger partial charge on any atom is 0.423 e. The molecule has 9 nitrogen and oxygen atoms in total. The lowest BCUT2D eigenvalue weighted by Crippen LogP contribution is -2.35. The fourth-order valence-electron chi connectivity index (χ4n) is 2.23. The van der Waals surface area contributed by atoms with Crippen LogP contribution in [-0.2, 0) is 27.2 Å². The van der Waals surface area contributed by atoms with Crippen molar-refractivity contribution in [1.29, 1.82) is 0 Å². The van der Waals surface area contributed by atoms with Crippen LogP contribution in [0, 0.1) is 0 Å². The largest absolute Gasteiger partial charge is 0.479 e. The summed E-state index contributed by atoms with van der Waals surface area (Å²) in [5.74, 6) is -1.48. The van der Waals surface area contributed by atoms with Crippen molar-refractivity contribution in [1.82, 2.24) is 9.78 Å². The molecule has 0 aliphatic heterocycles. The van der Waals surface area contributed by atoms with Gasteiger partial charge in [0.05, 0.1) is 25.1 Å². The number of aliphatic hydroxyl groups excluding tert-OH is 1. The summed E-state index contributed by atoms with van der Waals surface area (Å²) in [4.78, 5) is 22.8. The van der Waals surface area contributed by atoms with E-state index in [4.69, 9.17) is 19.7 Å². The maximum absolute atomic E-state index is 13.5. The van der Waals surface area contributed by atoms with Gasteiger partial charge in [-0.2, -0.15) is 18.3 Å². The summed E-state index contributed by atoms with van der Waals surface area (Å²) in [5, 5.41) is 23.9. The second-order valence-corrected chi connectivity index (χ2v) is 13.6. The summed E-state index contributed by atoms with van der Waals surface area (Å²) in [6.45, 7) is 7.04. The fraction of sp³-hybridized carbons (Fsp3) is 0.706. The minimum Gasteiger partial charge on any atom is -0.479 e. The third kappa shape index (κ3) is 8.81. The lowest BCUT2D eigenvalue weighted by atomic mass is 10.2. The molecule has 0 aliphatic carbocycles. The number of ether oxygens (including phenoxy) is 2. The molecule has 2 atom stereocenters. The average molecular weight is 456 g/mol. The summed E-state index contributed by atoms with van der Waals surface area (Å²) in [7, 11) is -1.38. The van der Waals surface area contributed by atoms with Crippen LogP contribution in [0.1, 0.15) is 12.5 Å². The molecule has 0 bridgehead atoms. The molecule has 0 spiro atoms. The average Bonchev–Trinajstić information content (AvgIpc) is 2.58. The number of carboxylic acid groups (broad SMARTS) is 1. The molecule has 1 unspecified atom stereocenters. The third-order valence-electron chi connectivity index (χ3n) is 3.87. The Balaban J connectivity index is 2.85. The molecule has 0 saturated carbocycles. The van der Waals surface area contributed by atoms with Gasteiger partial charge in [-0.05, 0) is 13.0 Å². The van der Waals surface area contributed by atoms with Crippen molar-refractivity contribution >= 4 is 19.7 Å². The first-order valence-electron chi connectivity index (χ1n) is 9.22. The Bertz CT molecular complexity index is 767. The van der Waals surface area contributed by atoms with Gasteiger partial charge < -0.3 is 25.0 Å². The molecule has 0 aromatic carbocycles.